The minimum absolute atomic E-state index is 0.156. The molecule has 0 atom stereocenters. The number of carbonyl (C=O) groups excluding carboxylic acids is 1. The molecule has 8 heteroatoms. The zero-order valence-electron chi connectivity index (χ0n) is 17.8. The maximum atomic E-state index is 12.3. The monoisotopic (exact) mass is 409 g/mol. The van der Waals surface area contributed by atoms with Crippen LogP contribution in [0.25, 0.3) is 11.0 Å². The van der Waals surface area contributed by atoms with E-state index in [2.05, 4.69) is 15.1 Å². The van der Waals surface area contributed by atoms with Gasteiger partial charge in [0.05, 0.1) is 12.2 Å². The van der Waals surface area contributed by atoms with Crippen LogP contribution in [-0.2, 0) is 4.74 Å². The lowest BCUT2D eigenvalue weighted by molar-refractivity contribution is 0.0186. The van der Waals surface area contributed by atoms with Gasteiger partial charge in [-0.2, -0.15) is 5.10 Å². The number of carbonyl (C=O) groups is 1. The summed E-state index contributed by atoms with van der Waals surface area (Å²) in [5.41, 5.74) is 1.42. The molecule has 0 aliphatic carbocycles. The van der Waals surface area contributed by atoms with Crippen LogP contribution in [0.4, 0.5) is 4.79 Å². The van der Waals surface area contributed by atoms with Crippen LogP contribution in [0.15, 0.2) is 36.8 Å². The predicted octanol–water partition coefficient (Wildman–Crippen LogP) is 4.50. The lowest BCUT2D eigenvalue weighted by Crippen LogP contribution is -2.42. The molecule has 3 heterocycles. The minimum Gasteiger partial charge on any atom is -0.444 e. The van der Waals surface area contributed by atoms with Crippen molar-refractivity contribution in [2.45, 2.75) is 52.2 Å². The highest BCUT2D eigenvalue weighted by Crippen LogP contribution is 2.30. The Hall–Kier alpha value is -3.16. The molecule has 2 aromatic heterocycles. The second-order valence-electron chi connectivity index (χ2n) is 8.62. The van der Waals surface area contributed by atoms with Gasteiger partial charge in [0.25, 0.3) is 0 Å². The van der Waals surface area contributed by atoms with E-state index in [4.69, 9.17) is 9.47 Å². The minimum atomic E-state index is -0.489. The van der Waals surface area contributed by atoms with Crippen molar-refractivity contribution < 1.29 is 14.3 Å². The number of rotatable bonds is 3. The molecule has 3 aromatic rings. The number of benzene rings is 1. The Morgan fingerprint density at radius 1 is 1.10 bits per heavy atom. The van der Waals surface area contributed by atoms with Crippen LogP contribution in [0.3, 0.4) is 0 Å². The fourth-order valence-electron chi connectivity index (χ4n) is 3.53. The number of nitrogens with zero attached hydrogens (tertiary/aromatic N) is 5. The zero-order valence-corrected chi connectivity index (χ0v) is 17.8. The maximum Gasteiger partial charge on any atom is 0.410 e. The van der Waals surface area contributed by atoms with E-state index >= 15 is 0 Å². The maximum absolute atomic E-state index is 12.3. The van der Waals surface area contributed by atoms with Gasteiger partial charge in [0, 0.05) is 13.1 Å². The van der Waals surface area contributed by atoms with Gasteiger partial charge in [0.15, 0.2) is 5.65 Å². The first-order valence-corrected chi connectivity index (χ1v) is 10.2. The summed E-state index contributed by atoms with van der Waals surface area (Å²) in [7, 11) is 0. The number of likely N-dealkylation sites (tertiary alicyclic amines) is 1. The van der Waals surface area contributed by atoms with Gasteiger partial charge in [-0.1, -0.05) is 17.7 Å². The van der Waals surface area contributed by atoms with Gasteiger partial charge in [-0.3, -0.25) is 0 Å². The fraction of sp³-hybridized carbons (Fsp3) is 0.455. The topological polar surface area (TPSA) is 82.4 Å². The molecule has 1 aromatic carbocycles. The molecule has 1 saturated heterocycles. The van der Waals surface area contributed by atoms with E-state index in [1.165, 1.54) is 11.9 Å². The molecule has 1 aliphatic rings. The van der Waals surface area contributed by atoms with Gasteiger partial charge in [-0.05, 0) is 52.7 Å². The molecule has 0 bridgehead atoms. The van der Waals surface area contributed by atoms with Gasteiger partial charge >= 0.3 is 6.09 Å². The highest BCUT2D eigenvalue weighted by molar-refractivity contribution is 5.80. The van der Waals surface area contributed by atoms with Crippen molar-refractivity contribution in [3.05, 3.63) is 42.4 Å². The Balaban J connectivity index is 1.48. The molecule has 0 saturated carbocycles. The zero-order chi connectivity index (χ0) is 21.3. The first-order chi connectivity index (χ1) is 14.3. The van der Waals surface area contributed by atoms with Crippen molar-refractivity contribution in [3.63, 3.8) is 0 Å². The molecule has 1 fully saturated rings. The molecular formula is C22H27N5O3. The van der Waals surface area contributed by atoms with Crippen LogP contribution in [-0.4, -0.2) is 49.4 Å². The lowest BCUT2D eigenvalue weighted by atomic mass is 10.1. The molecule has 1 amide bonds. The predicted molar refractivity (Wildman–Crippen MR) is 113 cm³/mol. The highest BCUT2D eigenvalue weighted by atomic mass is 16.6. The molecule has 0 spiro atoms. The number of hydrogen-bond donors (Lipinski definition) is 0. The van der Waals surface area contributed by atoms with Crippen molar-refractivity contribution in [2.24, 2.45) is 0 Å². The summed E-state index contributed by atoms with van der Waals surface area (Å²) in [5, 5.41) is 5.34. The average Bonchev–Trinajstić information content (AvgIpc) is 3.14. The summed E-state index contributed by atoms with van der Waals surface area (Å²) in [4.78, 5) is 22.8. The van der Waals surface area contributed by atoms with Crippen LogP contribution in [0.2, 0.25) is 0 Å². The first kappa shape index (κ1) is 20.1. The molecule has 8 nitrogen and oxygen atoms in total. The second-order valence-corrected chi connectivity index (χ2v) is 8.62. The SMILES string of the molecule is Cc1ccc(Oc2ncnc3c2cnn3C2CCN(C(=O)OC(C)(C)C)CC2)cc1. The molecule has 0 radical (unpaired) electrons. The Bertz CT molecular complexity index is 1030. The first-order valence-electron chi connectivity index (χ1n) is 10.2. The van der Waals surface area contributed by atoms with Gasteiger partial charge in [-0.15, -0.1) is 0 Å². The highest BCUT2D eigenvalue weighted by Gasteiger charge is 2.29. The van der Waals surface area contributed by atoms with E-state index in [-0.39, 0.29) is 12.1 Å². The van der Waals surface area contributed by atoms with E-state index < -0.39 is 5.60 Å². The van der Waals surface area contributed by atoms with Crippen LogP contribution < -0.4 is 4.74 Å². The summed E-state index contributed by atoms with van der Waals surface area (Å²) in [6.45, 7) is 8.92. The molecule has 30 heavy (non-hydrogen) atoms. The van der Waals surface area contributed by atoms with Gasteiger partial charge in [0.1, 0.15) is 23.1 Å². The Labute approximate surface area is 175 Å². The third-order valence-electron chi connectivity index (χ3n) is 5.05. The number of hydrogen-bond acceptors (Lipinski definition) is 6. The summed E-state index contributed by atoms with van der Waals surface area (Å²) >= 11 is 0. The van der Waals surface area contributed by atoms with E-state index in [1.54, 1.807) is 11.1 Å². The van der Waals surface area contributed by atoms with E-state index in [9.17, 15) is 4.79 Å². The van der Waals surface area contributed by atoms with E-state index in [1.807, 2.05) is 56.6 Å². The number of aromatic nitrogens is 4. The quantitative estimate of drug-likeness (QED) is 0.633. The van der Waals surface area contributed by atoms with Crippen molar-refractivity contribution in [1.29, 1.82) is 0 Å². The Kier molecular flexibility index (Phi) is 5.32. The average molecular weight is 409 g/mol. The second kappa shape index (κ2) is 7.93. The van der Waals surface area contributed by atoms with Gasteiger partial charge in [-0.25, -0.2) is 19.4 Å². The van der Waals surface area contributed by atoms with Gasteiger partial charge < -0.3 is 14.4 Å². The molecular weight excluding hydrogens is 382 g/mol. The van der Waals surface area contributed by atoms with E-state index in [0.29, 0.717) is 19.0 Å². The van der Waals surface area contributed by atoms with Crippen molar-refractivity contribution >= 4 is 17.1 Å². The molecule has 0 unspecified atom stereocenters. The van der Waals surface area contributed by atoms with Crippen LogP contribution >= 0.6 is 0 Å². The Morgan fingerprint density at radius 2 is 1.80 bits per heavy atom. The van der Waals surface area contributed by atoms with E-state index in [0.717, 1.165) is 29.6 Å². The molecule has 158 valence electrons. The molecule has 1 aliphatic heterocycles. The van der Waals surface area contributed by atoms with Crippen molar-refractivity contribution in [1.82, 2.24) is 24.6 Å². The normalized spacial score (nSPS) is 15.4. The number of aryl methyl sites for hydroxylation is 1. The van der Waals surface area contributed by atoms with Crippen LogP contribution in [0.5, 0.6) is 11.6 Å². The summed E-state index contributed by atoms with van der Waals surface area (Å²) in [6.07, 6.45) is 4.56. The number of piperidine rings is 1. The van der Waals surface area contributed by atoms with Gasteiger partial charge in [0.2, 0.25) is 5.88 Å². The van der Waals surface area contributed by atoms with Crippen LogP contribution in [0, 0.1) is 6.92 Å². The lowest BCUT2D eigenvalue weighted by Gasteiger charge is -2.33. The summed E-state index contributed by atoms with van der Waals surface area (Å²) in [6, 6.07) is 7.98. The fourth-order valence-corrected chi connectivity index (χ4v) is 3.53. The van der Waals surface area contributed by atoms with Crippen molar-refractivity contribution in [3.8, 4) is 11.6 Å². The van der Waals surface area contributed by atoms with Crippen LogP contribution in [0.1, 0.15) is 45.2 Å². The third kappa shape index (κ3) is 4.37. The number of ether oxygens (including phenoxy) is 2. The summed E-state index contributed by atoms with van der Waals surface area (Å²) < 4.78 is 13.4. The standard InChI is InChI=1S/C22H27N5O3/c1-15-5-7-17(8-6-15)29-20-18-13-25-27(19(18)23-14-24-20)16-9-11-26(12-10-16)21(28)30-22(2,3)4/h5-8,13-14,16H,9-12H2,1-4H3. The number of fused-ring (bicyclic) bond motifs is 1. The molecule has 0 N–H and O–H groups in total. The summed E-state index contributed by atoms with van der Waals surface area (Å²) in [5.74, 6) is 1.21. The van der Waals surface area contributed by atoms with Crippen molar-refractivity contribution in [2.75, 3.05) is 13.1 Å². The smallest absolute Gasteiger partial charge is 0.410 e. The third-order valence-corrected chi connectivity index (χ3v) is 5.05. The number of amides is 1. The molecule has 4 rings (SSSR count). The largest absolute Gasteiger partial charge is 0.444 e. The Morgan fingerprint density at radius 3 is 2.47 bits per heavy atom.